The standard InChI is InChI=1S/C17H25N5O3/c1-13(23)18-10-17(24)22-8-5-14(11-22)25-16-9-15(19-12-20-16)21-6-3-2-4-7-21/h9,12,14H,2-8,10-11H2,1H3,(H,18,23)/t14-/m1/s1. The number of hydrogen-bond donors (Lipinski definition) is 1. The topological polar surface area (TPSA) is 87.7 Å². The maximum atomic E-state index is 12.0. The normalized spacial score (nSPS) is 20.4. The number of piperidine rings is 1. The molecule has 3 rings (SSSR count). The highest BCUT2D eigenvalue weighted by Crippen LogP contribution is 2.22. The first-order valence-electron chi connectivity index (χ1n) is 8.87. The van der Waals surface area contributed by atoms with Crippen molar-refractivity contribution in [1.82, 2.24) is 20.2 Å². The van der Waals surface area contributed by atoms with E-state index in [9.17, 15) is 9.59 Å². The molecule has 25 heavy (non-hydrogen) atoms. The van der Waals surface area contributed by atoms with Gasteiger partial charge < -0.3 is 19.9 Å². The molecule has 2 aliphatic rings. The molecular weight excluding hydrogens is 322 g/mol. The monoisotopic (exact) mass is 347 g/mol. The molecule has 2 amide bonds. The average molecular weight is 347 g/mol. The number of anilines is 1. The summed E-state index contributed by atoms with van der Waals surface area (Å²) in [6.07, 6.45) is 5.87. The molecule has 0 saturated carbocycles. The lowest BCUT2D eigenvalue weighted by molar-refractivity contribution is -0.131. The van der Waals surface area contributed by atoms with Crippen molar-refractivity contribution in [2.45, 2.75) is 38.7 Å². The van der Waals surface area contributed by atoms with Crippen molar-refractivity contribution < 1.29 is 14.3 Å². The summed E-state index contributed by atoms with van der Waals surface area (Å²) in [7, 11) is 0. The minimum Gasteiger partial charge on any atom is -0.472 e. The zero-order valence-corrected chi connectivity index (χ0v) is 14.6. The van der Waals surface area contributed by atoms with Gasteiger partial charge in [-0.05, 0) is 19.3 Å². The van der Waals surface area contributed by atoms with E-state index in [2.05, 4.69) is 20.2 Å². The zero-order chi connectivity index (χ0) is 17.6. The molecule has 0 radical (unpaired) electrons. The molecule has 0 spiro atoms. The number of hydrogen-bond acceptors (Lipinski definition) is 6. The number of rotatable bonds is 5. The second-order valence-corrected chi connectivity index (χ2v) is 6.54. The lowest BCUT2D eigenvalue weighted by atomic mass is 10.1. The molecule has 2 fully saturated rings. The molecule has 1 atom stereocenters. The highest BCUT2D eigenvalue weighted by Gasteiger charge is 2.28. The second-order valence-electron chi connectivity index (χ2n) is 6.54. The number of nitrogens with zero attached hydrogens (tertiary/aromatic N) is 4. The minimum absolute atomic E-state index is 0.0364. The van der Waals surface area contributed by atoms with Gasteiger partial charge in [-0.2, -0.15) is 0 Å². The number of carbonyl (C=O) groups excluding carboxylic acids is 2. The zero-order valence-electron chi connectivity index (χ0n) is 14.6. The van der Waals surface area contributed by atoms with E-state index < -0.39 is 0 Å². The van der Waals surface area contributed by atoms with Crippen LogP contribution in [0.15, 0.2) is 12.4 Å². The van der Waals surface area contributed by atoms with E-state index in [0.717, 1.165) is 25.3 Å². The van der Waals surface area contributed by atoms with Crippen LogP contribution in [-0.2, 0) is 9.59 Å². The Morgan fingerprint density at radius 2 is 2.04 bits per heavy atom. The van der Waals surface area contributed by atoms with Crippen molar-refractivity contribution in [3.8, 4) is 5.88 Å². The van der Waals surface area contributed by atoms with Crippen molar-refractivity contribution in [3.63, 3.8) is 0 Å². The van der Waals surface area contributed by atoms with Crippen molar-refractivity contribution >= 4 is 17.6 Å². The number of ether oxygens (including phenoxy) is 1. The van der Waals surface area contributed by atoms with Crippen LogP contribution >= 0.6 is 0 Å². The molecule has 0 bridgehead atoms. The maximum absolute atomic E-state index is 12.0. The predicted molar refractivity (Wildman–Crippen MR) is 92.4 cm³/mol. The van der Waals surface area contributed by atoms with Gasteiger partial charge in [0.25, 0.3) is 0 Å². The van der Waals surface area contributed by atoms with Gasteiger partial charge in [-0.1, -0.05) is 0 Å². The molecule has 0 unspecified atom stereocenters. The molecule has 0 aliphatic carbocycles. The fourth-order valence-corrected chi connectivity index (χ4v) is 3.22. The Morgan fingerprint density at radius 3 is 2.80 bits per heavy atom. The lowest BCUT2D eigenvalue weighted by Gasteiger charge is -2.27. The number of amides is 2. The first-order chi connectivity index (χ1) is 12.1. The molecule has 1 aromatic heterocycles. The summed E-state index contributed by atoms with van der Waals surface area (Å²) in [4.78, 5) is 35.5. The second kappa shape index (κ2) is 8.13. The number of aromatic nitrogens is 2. The van der Waals surface area contributed by atoms with E-state index in [4.69, 9.17) is 4.74 Å². The van der Waals surface area contributed by atoms with Crippen molar-refractivity contribution in [2.24, 2.45) is 0 Å². The summed E-state index contributed by atoms with van der Waals surface area (Å²) in [5.74, 6) is 1.17. The van der Waals surface area contributed by atoms with Gasteiger partial charge in [0, 0.05) is 39.0 Å². The van der Waals surface area contributed by atoms with Crippen LogP contribution in [0.3, 0.4) is 0 Å². The Bertz CT molecular complexity index is 618. The third-order valence-corrected chi connectivity index (χ3v) is 4.58. The van der Waals surface area contributed by atoms with Crippen LogP contribution in [0.5, 0.6) is 5.88 Å². The fraction of sp³-hybridized carbons (Fsp3) is 0.647. The van der Waals surface area contributed by atoms with E-state index >= 15 is 0 Å². The first-order valence-corrected chi connectivity index (χ1v) is 8.87. The van der Waals surface area contributed by atoms with Gasteiger partial charge in [-0.25, -0.2) is 9.97 Å². The molecule has 8 heteroatoms. The van der Waals surface area contributed by atoms with Gasteiger partial charge in [0.15, 0.2) is 0 Å². The number of carbonyl (C=O) groups is 2. The average Bonchev–Trinajstić information content (AvgIpc) is 3.09. The summed E-state index contributed by atoms with van der Waals surface area (Å²) in [6, 6.07) is 1.88. The van der Waals surface area contributed by atoms with Crippen LogP contribution in [0.4, 0.5) is 5.82 Å². The summed E-state index contributed by atoms with van der Waals surface area (Å²) < 4.78 is 5.95. The molecule has 8 nitrogen and oxygen atoms in total. The van der Waals surface area contributed by atoms with Gasteiger partial charge in [-0.3, -0.25) is 9.59 Å². The Balaban J connectivity index is 1.53. The number of likely N-dealkylation sites (tertiary alicyclic amines) is 1. The maximum Gasteiger partial charge on any atom is 0.242 e. The van der Waals surface area contributed by atoms with E-state index in [0.29, 0.717) is 19.0 Å². The smallest absolute Gasteiger partial charge is 0.242 e. The molecule has 1 aromatic rings. The van der Waals surface area contributed by atoms with Gasteiger partial charge >= 0.3 is 0 Å². The predicted octanol–water partition coefficient (Wildman–Crippen LogP) is 0.583. The summed E-state index contributed by atoms with van der Waals surface area (Å²) in [5.41, 5.74) is 0. The van der Waals surface area contributed by atoms with Crippen LogP contribution in [-0.4, -0.2) is 65.5 Å². The van der Waals surface area contributed by atoms with Crippen molar-refractivity contribution in [3.05, 3.63) is 12.4 Å². The summed E-state index contributed by atoms with van der Waals surface area (Å²) in [5, 5.41) is 2.53. The molecule has 3 heterocycles. The SMILES string of the molecule is CC(=O)NCC(=O)N1CC[C@@H](Oc2cc(N3CCCCC3)ncn2)C1. The van der Waals surface area contributed by atoms with Gasteiger partial charge in [0.05, 0.1) is 13.1 Å². The molecule has 1 N–H and O–H groups in total. The third-order valence-electron chi connectivity index (χ3n) is 4.58. The summed E-state index contributed by atoms with van der Waals surface area (Å²) >= 11 is 0. The van der Waals surface area contributed by atoms with Crippen LogP contribution in [0, 0.1) is 0 Å². The number of nitrogens with one attached hydrogen (secondary N) is 1. The quantitative estimate of drug-likeness (QED) is 0.838. The Morgan fingerprint density at radius 1 is 1.24 bits per heavy atom. The summed E-state index contributed by atoms with van der Waals surface area (Å²) in [6.45, 7) is 4.62. The molecule has 0 aromatic carbocycles. The van der Waals surface area contributed by atoms with Crippen LogP contribution in [0.25, 0.3) is 0 Å². The van der Waals surface area contributed by atoms with Crippen molar-refractivity contribution in [2.75, 3.05) is 37.6 Å². The Kier molecular flexibility index (Phi) is 5.67. The minimum atomic E-state index is -0.202. The first kappa shape index (κ1) is 17.4. The highest BCUT2D eigenvalue weighted by molar-refractivity contribution is 5.83. The fourth-order valence-electron chi connectivity index (χ4n) is 3.22. The van der Waals surface area contributed by atoms with E-state index in [1.807, 2.05) is 6.07 Å². The van der Waals surface area contributed by atoms with Crippen LogP contribution < -0.4 is 15.0 Å². The Hall–Kier alpha value is -2.38. The van der Waals surface area contributed by atoms with Crippen LogP contribution in [0.2, 0.25) is 0 Å². The van der Waals surface area contributed by atoms with E-state index in [1.54, 1.807) is 4.90 Å². The molecule has 136 valence electrons. The molecular formula is C17H25N5O3. The largest absolute Gasteiger partial charge is 0.472 e. The lowest BCUT2D eigenvalue weighted by Crippen LogP contribution is -2.39. The van der Waals surface area contributed by atoms with Crippen LogP contribution in [0.1, 0.15) is 32.6 Å². The van der Waals surface area contributed by atoms with E-state index in [1.165, 1.54) is 32.5 Å². The third kappa shape index (κ3) is 4.80. The molecule has 2 saturated heterocycles. The van der Waals surface area contributed by atoms with E-state index in [-0.39, 0.29) is 24.5 Å². The van der Waals surface area contributed by atoms with Crippen molar-refractivity contribution in [1.29, 1.82) is 0 Å². The van der Waals surface area contributed by atoms with Gasteiger partial charge in [0.2, 0.25) is 17.7 Å². The van der Waals surface area contributed by atoms with Gasteiger partial charge in [-0.15, -0.1) is 0 Å². The molecule has 2 aliphatic heterocycles. The Labute approximate surface area is 147 Å². The highest BCUT2D eigenvalue weighted by atomic mass is 16.5. The van der Waals surface area contributed by atoms with Gasteiger partial charge in [0.1, 0.15) is 18.2 Å².